The lowest BCUT2D eigenvalue weighted by molar-refractivity contribution is -0.179. The summed E-state index contributed by atoms with van der Waals surface area (Å²) >= 11 is 1.22. The van der Waals surface area contributed by atoms with Crippen LogP contribution in [0.2, 0.25) is 0 Å². The van der Waals surface area contributed by atoms with E-state index < -0.39 is 18.3 Å². The number of carbonyl (C=O) groups is 1. The number of halogens is 4. The zero-order chi connectivity index (χ0) is 12.3. The number of alkyl halides is 4. The van der Waals surface area contributed by atoms with E-state index in [9.17, 15) is 22.4 Å². The molecule has 90 valence electrons. The van der Waals surface area contributed by atoms with Crippen LogP contribution in [0.25, 0.3) is 0 Å². The van der Waals surface area contributed by atoms with Gasteiger partial charge in [-0.2, -0.15) is 8.78 Å². The number of amides is 1. The molecule has 0 aromatic carbocycles. The molecular weight excluding hydrogens is 248 g/mol. The molecule has 0 aliphatic heterocycles. The minimum Gasteiger partial charge on any atom is -0.334 e. The Kier molecular flexibility index (Phi) is 3.84. The van der Waals surface area contributed by atoms with Crippen LogP contribution in [0, 0.1) is 0 Å². The third-order valence-corrected chi connectivity index (χ3v) is 2.42. The van der Waals surface area contributed by atoms with Crippen LogP contribution in [0.3, 0.4) is 0 Å². The highest BCUT2D eigenvalue weighted by Gasteiger charge is 2.50. The predicted octanol–water partition coefficient (Wildman–Crippen LogP) is 2.00. The minimum atomic E-state index is -4.65. The molecule has 0 spiro atoms. The van der Waals surface area contributed by atoms with Crippen molar-refractivity contribution in [3.8, 4) is 0 Å². The number of hydrogen-bond donors (Lipinski definition) is 0. The van der Waals surface area contributed by atoms with Gasteiger partial charge < -0.3 is 4.90 Å². The smallest absolute Gasteiger partial charge is 0.334 e. The molecule has 1 aromatic rings. The summed E-state index contributed by atoms with van der Waals surface area (Å²) in [5.74, 6) is -6.55. The largest absolute Gasteiger partial charge is 0.383 e. The van der Waals surface area contributed by atoms with Gasteiger partial charge >= 0.3 is 12.3 Å². The summed E-state index contributed by atoms with van der Waals surface area (Å²) < 4.78 is 49.1. The Bertz CT molecular complexity index is 355. The van der Waals surface area contributed by atoms with Crippen LogP contribution in [0.5, 0.6) is 0 Å². The van der Waals surface area contributed by atoms with E-state index in [0.29, 0.717) is 10.6 Å². The molecule has 1 aromatic heterocycles. The summed E-state index contributed by atoms with van der Waals surface area (Å²) in [5.41, 5.74) is 1.84. The maximum atomic E-state index is 12.7. The van der Waals surface area contributed by atoms with Gasteiger partial charge in [-0.25, -0.2) is 13.8 Å². The normalized spacial score (nSPS) is 11.9. The van der Waals surface area contributed by atoms with E-state index in [2.05, 4.69) is 4.98 Å². The van der Waals surface area contributed by atoms with Crippen LogP contribution in [0.15, 0.2) is 10.9 Å². The third-order valence-electron chi connectivity index (χ3n) is 1.79. The molecule has 3 nitrogen and oxygen atoms in total. The van der Waals surface area contributed by atoms with Gasteiger partial charge in [0.15, 0.2) is 0 Å². The minimum absolute atomic E-state index is 0.218. The highest BCUT2D eigenvalue weighted by atomic mass is 32.1. The van der Waals surface area contributed by atoms with Crippen molar-refractivity contribution in [1.82, 2.24) is 9.88 Å². The van der Waals surface area contributed by atoms with Crippen LogP contribution in [-0.4, -0.2) is 35.2 Å². The average molecular weight is 256 g/mol. The first-order chi connectivity index (χ1) is 7.35. The Hall–Kier alpha value is -1.18. The van der Waals surface area contributed by atoms with Crippen molar-refractivity contribution in [2.45, 2.75) is 18.9 Å². The van der Waals surface area contributed by atoms with E-state index >= 15 is 0 Å². The first kappa shape index (κ1) is 12.9. The van der Waals surface area contributed by atoms with Gasteiger partial charge in [-0.1, -0.05) is 0 Å². The van der Waals surface area contributed by atoms with Gasteiger partial charge in [0, 0.05) is 12.4 Å². The molecule has 1 heterocycles. The van der Waals surface area contributed by atoms with Crippen molar-refractivity contribution >= 4 is 17.2 Å². The summed E-state index contributed by atoms with van der Waals surface area (Å²) in [6, 6.07) is 0. The molecule has 0 N–H and O–H groups in total. The van der Waals surface area contributed by atoms with Crippen LogP contribution < -0.4 is 0 Å². The quantitative estimate of drug-likeness (QED) is 0.772. The van der Waals surface area contributed by atoms with Crippen LogP contribution >= 0.6 is 11.3 Å². The number of nitrogens with zero attached hydrogens (tertiary/aromatic N) is 2. The molecule has 8 heteroatoms. The molecule has 0 aliphatic carbocycles. The van der Waals surface area contributed by atoms with Gasteiger partial charge in [0.05, 0.1) is 17.7 Å². The highest BCUT2D eigenvalue weighted by molar-refractivity contribution is 7.07. The Morgan fingerprint density at radius 1 is 1.62 bits per heavy atom. The van der Waals surface area contributed by atoms with Crippen molar-refractivity contribution < 1.29 is 22.4 Å². The van der Waals surface area contributed by atoms with Crippen molar-refractivity contribution in [3.05, 3.63) is 16.6 Å². The van der Waals surface area contributed by atoms with Crippen molar-refractivity contribution in [2.24, 2.45) is 0 Å². The van der Waals surface area contributed by atoms with Crippen LogP contribution in [0.4, 0.5) is 17.6 Å². The van der Waals surface area contributed by atoms with Crippen molar-refractivity contribution in [1.29, 1.82) is 0 Å². The maximum Gasteiger partial charge on any atom is 0.383 e. The molecular formula is C8H8F4N2OS. The van der Waals surface area contributed by atoms with E-state index in [1.54, 1.807) is 5.38 Å². The number of thiazole rings is 1. The van der Waals surface area contributed by atoms with E-state index in [1.807, 2.05) is 0 Å². The second-order valence-electron chi connectivity index (χ2n) is 3.06. The van der Waals surface area contributed by atoms with Gasteiger partial charge in [0.25, 0.3) is 5.91 Å². The number of hydrogen-bond acceptors (Lipinski definition) is 3. The Labute approximate surface area is 92.7 Å². The molecule has 0 aliphatic rings. The fourth-order valence-electron chi connectivity index (χ4n) is 0.978. The fraction of sp³-hybridized carbons (Fsp3) is 0.500. The van der Waals surface area contributed by atoms with E-state index in [4.69, 9.17) is 0 Å². The molecule has 16 heavy (non-hydrogen) atoms. The van der Waals surface area contributed by atoms with Crippen LogP contribution in [-0.2, 0) is 11.3 Å². The number of carbonyl (C=O) groups excluding carboxylic acids is 1. The first-order valence-electron chi connectivity index (χ1n) is 4.14. The second kappa shape index (κ2) is 4.77. The molecule has 1 amide bonds. The molecule has 0 saturated carbocycles. The summed E-state index contributed by atoms with van der Waals surface area (Å²) in [6.07, 6.45) is -4.00. The molecule has 0 atom stereocenters. The number of aromatic nitrogens is 1. The highest BCUT2D eigenvalue weighted by Crippen LogP contribution is 2.25. The summed E-state index contributed by atoms with van der Waals surface area (Å²) in [7, 11) is 1.03. The molecule has 0 saturated heterocycles. The van der Waals surface area contributed by atoms with E-state index in [1.165, 1.54) is 16.8 Å². The average Bonchev–Trinajstić information content (AvgIpc) is 2.68. The second-order valence-corrected chi connectivity index (χ2v) is 3.78. The van der Waals surface area contributed by atoms with Crippen LogP contribution in [0.1, 0.15) is 5.69 Å². The first-order valence-corrected chi connectivity index (χ1v) is 5.08. The number of rotatable bonds is 4. The lowest BCUT2D eigenvalue weighted by Gasteiger charge is -2.21. The van der Waals surface area contributed by atoms with E-state index in [0.717, 1.165) is 7.05 Å². The van der Waals surface area contributed by atoms with Gasteiger partial charge in [0.2, 0.25) is 0 Å². The summed E-state index contributed by atoms with van der Waals surface area (Å²) in [6.45, 7) is -0.218. The zero-order valence-electron chi connectivity index (χ0n) is 8.16. The van der Waals surface area contributed by atoms with Crippen molar-refractivity contribution in [2.75, 3.05) is 7.05 Å². The predicted molar refractivity (Wildman–Crippen MR) is 49.5 cm³/mol. The van der Waals surface area contributed by atoms with Gasteiger partial charge in [-0.3, -0.25) is 4.79 Å². The SMILES string of the molecule is CN(Cc1cscn1)C(=O)C(F)(F)C(F)F. The van der Waals surface area contributed by atoms with Gasteiger partial charge in [-0.15, -0.1) is 11.3 Å². The topological polar surface area (TPSA) is 33.2 Å². The lowest BCUT2D eigenvalue weighted by atomic mass is 10.3. The third kappa shape index (κ3) is 2.69. The molecule has 0 bridgehead atoms. The molecule has 0 fully saturated rings. The van der Waals surface area contributed by atoms with Gasteiger partial charge in [0.1, 0.15) is 0 Å². The monoisotopic (exact) mass is 256 g/mol. The Balaban J connectivity index is 2.68. The van der Waals surface area contributed by atoms with Gasteiger partial charge in [-0.05, 0) is 0 Å². The summed E-state index contributed by atoms with van der Waals surface area (Å²) in [5, 5.41) is 1.55. The lowest BCUT2D eigenvalue weighted by Crippen LogP contribution is -2.45. The fourth-order valence-corrected chi connectivity index (χ4v) is 1.53. The molecule has 0 unspecified atom stereocenters. The van der Waals surface area contributed by atoms with E-state index in [-0.39, 0.29) is 6.54 Å². The Morgan fingerprint density at radius 3 is 2.69 bits per heavy atom. The zero-order valence-corrected chi connectivity index (χ0v) is 8.98. The summed E-state index contributed by atoms with van der Waals surface area (Å²) in [4.78, 5) is 15.3. The maximum absolute atomic E-state index is 12.7. The standard InChI is InChI=1S/C8H8F4N2OS/c1-14(2-5-3-16-4-13-5)7(15)8(11,12)6(9)10/h3-4,6H,2H2,1H3. The molecule has 1 rings (SSSR count). The van der Waals surface area contributed by atoms with Crippen molar-refractivity contribution in [3.63, 3.8) is 0 Å². The molecule has 0 radical (unpaired) electrons. The Morgan fingerprint density at radius 2 is 2.25 bits per heavy atom.